The summed E-state index contributed by atoms with van der Waals surface area (Å²) >= 11 is 0. The van der Waals surface area contributed by atoms with Crippen molar-refractivity contribution < 1.29 is 24.0 Å². The third-order valence-electron chi connectivity index (χ3n) is 7.88. The van der Waals surface area contributed by atoms with Crippen molar-refractivity contribution in [3.63, 3.8) is 0 Å². The Kier molecular flexibility index (Phi) is 10.9. The van der Waals surface area contributed by atoms with Crippen LogP contribution in [0.15, 0.2) is 60.7 Å². The third kappa shape index (κ3) is 8.31. The van der Waals surface area contributed by atoms with E-state index in [-0.39, 0.29) is 30.3 Å². The number of hydrogen-bond acceptors (Lipinski definition) is 6. The molecule has 10 nitrogen and oxygen atoms in total. The molecule has 4 atom stereocenters. The van der Waals surface area contributed by atoms with Crippen LogP contribution in [0.4, 0.5) is 4.79 Å². The third-order valence-corrected chi connectivity index (χ3v) is 7.88. The zero-order valence-electron chi connectivity index (χ0n) is 24.5. The van der Waals surface area contributed by atoms with Gasteiger partial charge in [0.1, 0.15) is 12.1 Å². The molecular weight excluding hydrogens is 534 g/mol. The number of nitrogens with two attached hydrogens (primary N) is 1. The standard InChI is InChI=1S/C32H43N5O5/c1-22(2)29(36-19-9-18-34-32(36)41)30(39)37(42-31(40)27-16-17-28(38)35-27)26(21-24-12-7-4-8-13-24)15-14-25(33)20-23-10-5-3-6-11-23/h3-8,10-13,22,25-27,29H,9,14-21,33H2,1-2H3,(H,34,41)(H,35,38)/t25-,26-,27+,29-/m1/s1. The number of urea groups is 1. The lowest BCUT2D eigenvalue weighted by atomic mass is 9.94. The first-order valence-electron chi connectivity index (χ1n) is 14.9. The first-order chi connectivity index (χ1) is 20.2. The van der Waals surface area contributed by atoms with Crippen LogP contribution >= 0.6 is 0 Å². The van der Waals surface area contributed by atoms with Gasteiger partial charge in [0.2, 0.25) is 5.91 Å². The van der Waals surface area contributed by atoms with Gasteiger partial charge in [0.25, 0.3) is 5.91 Å². The summed E-state index contributed by atoms with van der Waals surface area (Å²) in [4.78, 5) is 59.9. The lowest BCUT2D eigenvalue weighted by Crippen LogP contribution is -2.60. The normalized spacial score (nSPS) is 19.0. The van der Waals surface area contributed by atoms with Crippen molar-refractivity contribution in [1.29, 1.82) is 0 Å². The average Bonchev–Trinajstić information content (AvgIpc) is 3.42. The Morgan fingerprint density at radius 1 is 1.00 bits per heavy atom. The van der Waals surface area contributed by atoms with Crippen molar-refractivity contribution in [2.45, 2.75) is 83.0 Å². The molecule has 42 heavy (non-hydrogen) atoms. The Morgan fingerprint density at radius 2 is 1.64 bits per heavy atom. The molecular formula is C32H43N5O5. The fourth-order valence-corrected chi connectivity index (χ4v) is 5.69. The van der Waals surface area contributed by atoms with Crippen LogP contribution < -0.4 is 16.4 Å². The summed E-state index contributed by atoms with van der Waals surface area (Å²) in [7, 11) is 0. The summed E-state index contributed by atoms with van der Waals surface area (Å²) in [6.45, 7) is 4.73. The molecule has 4 rings (SSSR count). The van der Waals surface area contributed by atoms with Gasteiger partial charge in [0, 0.05) is 25.6 Å². The van der Waals surface area contributed by atoms with Crippen molar-refractivity contribution in [1.82, 2.24) is 20.6 Å². The molecule has 2 aromatic carbocycles. The van der Waals surface area contributed by atoms with Crippen LogP contribution in [0.5, 0.6) is 0 Å². The molecule has 0 aromatic heterocycles. The van der Waals surface area contributed by atoms with Gasteiger partial charge in [-0.2, -0.15) is 5.06 Å². The minimum atomic E-state index is -0.840. The molecule has 10 heteroatoms. The van der Waals surface area contributed by atoms with Gasteiger partial charge in [0.15, 0.2) is 0 Å². The van der Waals surface area contributed by atoms with E-state index in [2.05, 4.69) is 10.6 Å². The Hall–Kier alpha value is -3.92. The summed E-state index contributed by atoms with van der Waals surface area (Å²) in [6, 6.07) is 17.0. The second kappa shape index (κ2) is 14.8. The van der Waals surface area contributed by atoms with Crippen LogP contribution in [0.25, 0.3) is 0 Å². The molecule has 0 saturated carbocycles. The van der Waals surface area contributed by atoms with E-state index in [1.54, 1.807) is 0 Å². The highest BCUT2D eigenvalue weighted by Crippen LogP contribution is 2.24. The molecule has 2 aromatic rings. The van der Waals surface area contributed by atoms with Gasteiger partial charge < -0.3 is 26.1 Å². The van der Waals surface area contributed by atoms with E-state index < -0.39 is 30.0 Å². The highest BCUT2D eigenvalue weighted by Gasteiger charge is 2.42. The Balaban J connectivity index is 1.63. The summed E-state index contributed by atoms with van der Waals surface area (Å²) < 4.78 is 0. The predicted molar refractivity (Wildman–Crippen MR) is 159 cm³/mol. The van der Waals surface area contributed by atoms with E-state index in [9.17, 15) is 19.2 Å². The number of rotatable bonds is 12. The fraction of sp³-hybridized carbons (Fsp3) is 0.500. The second-order valence-electron chi connectivity index (χ2n) is 11.6. The van der Waals surface area contributed by atoms with Gasteiger partial charge in [-0.25, -0.2) is 9.59 Å². The van der Waals surface area contributed by atoms with Gasteiger partial charge in [-0.05, 0) is 55.6 Å². The van der Waals surface area contributed by atoms with E-state index in [0.29, 0.717) is 51.6 Å². The molecule has 226 valence electrons. The molecule has 0 radical (unpaired) electrons. The van der Waals surface area contributed by atoms with Crippen molar-refractivity contribution in [2.24, 2.45) is 11.7 Å². The minimum absolute atomic E-state index is 0.179. The molecule has 0 unspecified atom stereocenters. The maximum absolute atomic E-state index is 14.4. The number of hydroxylamine groups is 2. The topological polar surface area (TPSA) is 134 Å². The summed E-state index contributed by atoms with van der Waals surface area (Å²) in [5, 5.41) is 6.65. The molecule has 2 aliphatic heterocycles. The van der Waals surface area contributed by atoms with E-state index >= 15 is 0 Å². The first kappa shape index (κ1) is 31.0. The van der Waals surface area contributed by atoms with Crippen molar-refractivity contribution in [3.05, 3.63) is 71.8 Å². The zero-order valence-corrected chi connectivity index (χ0v) is 24.5. The molecule has 4 amide bonds. The number of benzene rings is 2. The van der Waals surface area contributed by atoms with E-state index in [1.165, 1.54) is 9.96 Å². The SMILES string of the molecule is CC(C)[C@H](C(=O)N(OC(=O)[C@@H]1CCC(=O)N1)[C@H](CC[C@@H](N)Cc1ccccc1)Cc1ccccc1)N1CCCNC1=O. The summed E-state index contributed by atoms with van der Waals surface area (Å²) in [5.74, 6) is -1.62. The number of nitrogens with zero attached hydrogens (tertiary/aromatic N) is 2. The Bertz CT molecular complexity index is 1210. The number of carbonyl (C=O) groups excluding carboxylic acids is 4. The predicted octanol–water partition coefficient (Wildman–Crippen LogP) is 2.95. The number of amides is 4. The highest BCUT2D eigenvalue weighted by atomic mass is 16.7. The molecule has 0 spiro atoms. The fourth-order valence-electron chi connectivity index (χ4n) is 5.69. The minimum Gasteiger partial charge on any atom is -0.343 e. The molecule has 4 N–H and O–H groups in total. The smallest absolute Gasteiger partial charge is 0.343 e. The molecule has 2 heterocycles. The Labute approximate surface area is 247 Å². The molecule has 0 bridgehead atoms. The van der Waals surface area contributed by atoms with Gasteiger partial charge in [-0.3, -0.25) is 9.59 Å². The first-order valence-corrected chi connectivity index (χ1v) is 14.9. The summed E-state index contributed by atoms with van der Waals surface area (Å²) in [6.07, 6.45) is 3.36. The van der Waals surface area contributed by atoms with Crippen molar-refractivity contribution in [2.75, 3.05) is 13.1 Å². The quantitative estimate of drug-likeness (QED) is 0.332. The summed E-state index contributed by atoms with van der Waals surface area (Å²) in [5.41, 5.74) is 8.66. The van der Waals surface area contributed by atoms with E-state index in [4.69, 9.17) is 10.6 Å². The average molecular weight is 578 g/mol. The van der Waals surface area contributed by atoms with Crippen LogP contribution in [-0.2, 0) is 32.1 Å². The molecule has 2 saturated heterocycles. The second-order valence-corrected chi connectivity index (χ2v) is 11.6. The largest absolute Gasteiger partial charge is 0.354 e. The monoisotopic (exact) mass is 577 g/mol. The molecule has 0 aliphatic carbocycles. The highest BCUT2D eigenvalue weighted by molar-refractivity contribution is 5.90. The maximum atomic E-state index is 14.4. The lowest BCUT2D eigenvalue weighted by molar-refractivity contribution is -0.213. The van der Waals surface area contributed by atoms with Gasteiger partial charge >= 0.3 is 12.0 Å². The van der Waals surface area contributed by atoms with Crippen LogP contribution in [0, 0.1) is 5.92 Å². The van der Waals surface area contributed by atoms with Crippen molar-refractivity contribution in [3.8, 4) is 0 Å². The van der Waals surface area contributed by atoms with Crippen LogP contribution in [0.3, 0.4) is 0 Å². The van der Waals surface area contributed by atoms with Gasteiger partial charge in [-0.1, -0.05) is 74.5 Å². The number of nitrogens with one attached hydrogen (secondary N) is 2. The van der Waals surface area contributed by atoms with Gasteiger partial charge in [0.05, 0.1) is 6.04 Å². The number of carbonyl (C=O) groups is 4. The van der Waals surface area contributed by atoms with Crippen LogP contribution in [0.1, 0.15) is 57.1 Å². The maximum Gasteiger partial charge on any atom is 0.354 e. The van der Waals surface area contributed by atoms with Crippen LogP contribution in [-0.4, -0.2) is 71.0 Å². The molecule has 2 fully saturated rings. The van der Waals surface area contributed by atoms with E-state index in [1.807, 2.05) is 74.5 Å². The molecule has 2 aliphatic rings. The van der Waals surface area contributed by atoms with Crippen molar-refractivity contribution >= 4 is 23.8 Å². The Morgan fingerprint density at radius 3 is 2.21 bits per heavy atom. The lowest BCUT2D eigenvalue weighted by Gasteiger charge is -2.40. The number of hydrogen-bond donors (Lipinski definition) is 3. The zero-order chi connectivity index (χ0) is 30.1. The van der Waals surface area contributed by atoms with E-state index in [0.717, 1.165) is 11.1 Å². The van der Waals surface area contributed by atoms with Gasteiger partial charge in [-0.15, -0.1) is 0 Å². The van der Waals surface area contributed by atoms with Crippen LogP contribution in [0.2, 0.25) is 0 Å².